The van der Waals surface area contributed by atoms with Gasteiger partial charge in [-0.1, -0.05) is 24.3 Å². The number of aliphatic hydroxyl groups excluding tert-OH is 1. The van der Waals surface area contributed by atoms with E-state index in [9.17, 15) is 4.39 Å². The molecule has 0 aliphatic carbocycles. The van der Waals surface area contributed by atoms with Crippen molar-refractivity contribution >= 4 is 0 Å². The van der Waals surface area contributed by atoms with E-state index in [0.717, 1.165) is 12.0 Å². The third-order valence-electron chi connectivity index (χ3n) is 3.61. The van der Waals surface area contributed by atoms with Crippen LogP contribution in [0.2, 0.25) is 0 Å². The first-order valence-electron chi connectivity index (χ1n) is 6.99. The third-order valence-corrected chi connectivity index (χ3v) is 3.61. The van der Waals surface area contributed by atoms with Crippen LogP contribution in [0.25, 0.3) is 0 Å². The van der Waals surface area contributed by atoms with Crippen molar-refractivity contribution < 1.29 is 19.0 Å². The first kappa shape index (κ1) is 14.0. The van der Waals surface area contributed by atoms with Gasteiger partial charge in [-0.2, -0.15) is 0 Å². The molecule has 0 aromatic heterocycles. The smallest absolute Gasteiger partial charge is 0.127 e. The van der Waals surface area contributed by atoms with Crippen molar-refractivity contribution in [2.75, 3.05) is 13.2 Å². The SMILES string of the molecule is OCc1cc(F)cc(OCC2OCCc3ccccc32)c1. The average Bonchev–Trinajstić information content (AvgIpc) is 2.52. The second-order valence-corrected chi connectivity index (χ2v) is 5.07. The molecule has 1 aliphatic rings. The Bertz CT molecular complexity index is 627. The molecule has 0 fully saturated rings. The summed E-state index contributed by atoms with van der Waals surface area (Å²) in [6, 6.07) is 12.4. The van der Waals surface area contributed by atoms with E-state index in [0.29, 0.717) is 24.5 Å². The van der Waals surface area contributed by atoms with Crippen LogP contribution in [0.4, 0.5) is 4.39 Å². The summed E-state index contributed by atoms with van der Waals surface area (Å²) < 4.78 is 24.8. The molecule has 0 saturated heterocycles. The van der Waals surface area contributed by atoms with Crippen LogP contribution in [-0.2, 0) is 17.8 Å². The van der Waals surface area contributed by atoms with Gasteiger partial charge in [-0.3, -0.25) is 0 Å². The highest BCUT2D eigenvalue weighted by Gasteiger charge is 2.21. The molecule has 1 unspecified atom stereocenters. The fourth-order valence-electron chi connectivity index (χ4n) is 2.58. The van der Waals surface area contributed by atoms with Crippen molar-refractivity contribution in [3.63, 3.8) is 0 Å². The van der Waals surface area contributed by atoms with E-state index >= 15 is 0 Å². The minimum atomic E-state index is -0.415. The monoisotopic (exact) mass is 288 g/mol. The molecule has 0 saturated carbocycles. The summed E-state index contributed by atoms with van der Waals surface area (Å²) >= 11 is 0. The van der Waals surface area contributed by atoms with E-state index in [4.69, 9.17) is 14.6 Å². The third kappa shape index (κ3) is 3.23. The molecule has 1 atom stereocenters. The molecule has 4 heteroatoms. The summed E-state index contributed by atoms with van der Waals surface area (Å²) in [5.74, 6) is -0.00721. The maximum absolute atomic E-state index is 13.4. The zero-order valence-electron chi connectivity index (χ0n) is 11.6. The maximum Gasteiger partial charge on any atom is 0.127 e. The fraction of sp³-hybridized carbons (Fsp3) is 0.294. The normalized spacial score (nSPS) is 17.3. The molecule has 0 amide bonds. The van der Waals surface area contributed by atoms with Gasteiger partial charge < -0.3 is 14.6 Å². The van der Waals surface area contributed by atoms with Crippen LogP contribution in [0.3, 0.4) is 0 Å². The maximum atomic E-state index is 13.4. The molecular weight excluding hydrogens is 271 g/mol. The lowest BCUT2D eigenvalue weighted by molar-refractivity contribution is 0.0101. The zero-order valence-corrected chi connectivity index (χ0v) is 11.6. The van der Waals surface area contributed by atoms with E-state index in [2.05, 4.69) is 6.07 Å². The van der Waals surface area contributed by atoms with Crippen LogP contribution in [0.5, 0.6) is 5.75 Å². The predicted octanol–water partition coefficient (Wildman–Crippen LogP) is 3.01. The van der Waals surface area contributed by atoms with E-state index in [1.165, 1.54) is 17.7 Å². The molecule has 0 spiro atoms. The molecule has 0 radical (unpaired) electrons. The van der Waals surface area contributed by atoms with Gasteiger partial charge in [0.15, 0.2) is 0 Å². The standard InChI is InChI=1S/C17H17FO3/c18-14-7-12(10-19)8-15(9-14)21-11-17-16-4-2-1-3-13(16)5-6-20-17/h1-4,7-9,17,19H,5-6,10-11H2. The Hall–Kier alpha value is -1.91. The summed E-state index contributed by atoms with van der Waals surface area (Å²) in [6.07, 6.45) is 0.761. The quantitative estimate of drug-likeness (QED) is 0.940. The summed E-state index contributed by atoms with van der Waals surface area (Å²) in [5, 5.41) is 9.09. The first-order chi connectivity index (χ1) is 10.3. The van der Waals surface area contributed by atoms with Crippen LogP contribution in [0.1, 0.15) is 22.8 Å². The van der Waals surface area contributed by atoms with E-state index in [1.54, 1.807) is 6.07 Å². The number of hydrogen-bond acceptors (Lipinski definition) is 3. The Morgan fingerprint density at radius 3 is 2.95 bits per heavy atom. The highest BCUT2D eigenvalue weighted by Crippen LogP contribution is 2.28. The molecule has 2 aromatic rings. The second kappa shape index (κ2) is 6.24. The highest BCUT2D eigenvalue weighted by atomic mass is 19.1. The van der Waals surface area contributed by atoms with Crippen molar-refractivity contribution in [3.8, 4) is 5.75 Å². The molecule has 0 bridgehead atoms. The van der Waals surface area contributed by atoms with Crippen LogP contribution >= 0.6 is 0 Å². The number of fused-ring (bicyclic) bond motifs is 1. The highest BCUT2D eigenvalue weighted by molar-refractivity contribution is 5.32. The Balaban J connectivity index is 1.73. The number of hydrogen-bond donors (Lipinski definition) is 1. The van der Waals surface area contributed by atoms with Gasteiger partial charge in [0, 0.05) is 6.07 Å². The lowest BCUT2D eigenvalue weighted by atomic mass is 9.98. The Morgan fingerprint density at radius 1 is 1.24 bits per heavy atom. The molecular formula is C17H17FO3. The number of aliphatic hydroxyl groups is 1. The second-order valence-electron chi connectivity index (χ2n) is 5.07. The summed E-state index contributed by atoms with van der Waals surface area (Å²) in [6.45, 7) is 0.776. The van der Waals surface area contributed by atoms with Gasteiger partial charge >= 0.3 is 0 Å². The van der Waals surface area contributed by atoms with Crippen LogP contribution in [0.15, 0.2) is 42.5 Å². The number of ether oxygens (including phenoxy) is 2. The van der Waals surface area contributed by atoms with Crippen molar-refractivity contribution in [1.82, 2.24) is 0 Å². The van der Waals surface area contributed by atoms with Gasteiger partial charge in [0.25, 0.3) is 0 Å². The van der Waals surface area contributed by atoms with Crippen LogP contribution < -0.4 is 4.74 Å². The van der Waals surface area contributed by atoms with Gasteiger partial charge in [-0.25, -0.2) is 4.39 Å². The van der Waals surface area contributed by atoms with Crippen molar-refractivity contribution in [1.29, 1.82) is 0 Å². The van der Waals surface area contributed by atoms with Crippen molar-refractivity contribution in [2.24, 2.45) is 0 Å². The van der Waals surface area contributed by atoms with Crippen LogP contribution in [0, 0.1) is 5.82 Å². The van der Waals surface area contributed by atoms with Gasteiger partial charge in [0.05, 0.1) is 13.2 Å². The molecule has 110 valence electrons. The summed E-state index contributed by atoms with van der Waals surface area (Å²) in [4.78, 5) is 0. The Labute approximate surface area is 122 Å². The Kier molecular flexibility index (Phi) is 4.18. The molecule has 3 nitrogen and oxygen atoms in total. The van der Waals surface area contributed by atoms with Gasteiger partial charge in [0.2, 0.25) is 0 Å². The Morgan fingerprint density at radius 2 is 2.10 bits per heavy atom. The fourth-order valence-corrected chi connectivity index (χ4v) is 2.58. The van der Waals surface area contributed by atoms with Gasteiger partial charge in [-0.05, 0) is 35.2 Å². The molecule has 1 aliphatic heterocycles. The lowest BCUT2D eigenvalue weighted by Gasteiger charge is -2.26. The number of halogens is 1. The summed E-state index contributed by atoms with van der Waals surface area (Å²) in [7, 11) is 0. The molecule has 1 heterocycles. The minimum absolute atomic E-state index is 0.143. The predicted molar refractivity (Wildman–Crippen MR) is 76.7 cm³/mol. The largest absolute Gasteiger partial charge is 0.490 e. The van der Waals surface area contributed by atoms with E-state index < -0.39 is 5.82 Å². The molecule has 3 rings (SSSR count). The molecule has 21 heavy (non-hydrogen) atoms. The van der Waals surface area contributed by atoms with E-state index in [-0.39, 0.29) is 12.7 Å². The van der Waals surface area contributed by atoms with Crippen molar-refractivity contribution in [2.45, 2.75) is 19.1 Å². The average molecular weight is 288 g/mol. The number of rotatable bonds is 4. The minimum Gasteiger partial charge on any atom is -0.490 e. The lowest BCUT2D eigenvalue weighted by Crippen LogP contribution is -2.21. The van der Waals surface area contributed by atoms with Crippen LogP contribution in [-0.4, -0.2) is 18.3 Å². The zero-order chi connectivity index (χ0) is 14.7. The van der Waals surface area contributed by atoms with Gasteiger partial charge in [-0.15, -0.1) is 0 Å². The van der Waals surface area contributed by atoms with E-state index in [1.807, 2.05) is 18.2 Å². The van der Waals surface area contributed by atoms with Gasteiger partial charge in [0.1, 0.15) is 24.3 Å². The number of benzene rings is 2. The summed E-state index contributed by atoms with van der Waals surface area (Å²) in [5.41, 5.74) is 2.89. The topological polar surface area (TPSA) is 38.7 Å². The first-order valence-corrected chi connectivity index (χ1v) is 6.99. The molecule has 1 N–H and O–H groups in total. The molecule has 2 aromatic carbocycles. The van der Waals surface area contributed by atoms with Crippen molar-refractivity contribution in [3.05, 3.63) is 65.0 Å².